The van der Waals surface area contributed by atoms with Gasteiger partial charge in [0, 0.05) is 12.1 Å². The van der Waals surface area contributed by atoms with Gasteiger partial charge >= 0.3 is 0 Å². The summed E-state index contributed by atoms with van der Waals surface area (Å²) < 4.78 is 11.5. The molecule has 0 amide bonds. The number of ether oxygens (including phenoxy) is 2. The summed E-state index contributed by atoms with van der Waals surface area (Å²) in [6, 6.07) is 12.8. The molecule has 0 aliphatic heterocycles. The summed E-state index contributed by atoms with van der Waals surface area (Å²) in [6.07, 6.45) is 12.9. The number of anilines is 1. The van der Waals surface area contributed by atoms with Crippen molar-refractivity contribution in [2.75, 3.05) is 25.0 Å². The van der Waals surface area contributed by atoms with Crippen molar-refractivity contribution >= 4 is 28.9 Å². The van der Waals surface area contributed by atoms with Crippen LogP contribution >= 0.6 is 23.2 Å². The van der Waals surface area contributed by atoms with Crippen LogP contribution in [0.25, 0.3) is 0 Å². The normalized spacial score (nSPS) is 10.9. The average Bonchev–Trinajstić information content (AvgIpc) is 2.82. The number of halogens is 2. The molecule has 0 atom stereocenters. The molecule has 0 spiro atoms. The summed E-state index contributed by atoms with van der Waals surface area (Å²) in [5.74, 6) is 6.92. The quantitative estimate of drug-likeness (QED) is 0.129. The lowest BCUT2D eigenvalue weighted by atomic mass is 10.1. The van der Waals surface area contributed by atoms with E-state index in [2.05, 4.69) is 6.92 Å². The zero-order valence-electron chi connectivity index (χ0n) is 19.7. The van der Waals surface area contributed by atoms with E-state index in [4.69, 9.17) is 43.4 Å². The van der Waals surface area contributed by atoms with Crippen molar-refractivity contribution in [2.45, 2.75) is 71.1 Å². The second-order valence-electron chi connectivity index (χ2n) is 8.09. The van der Waals surface area contributed by atoms with Gasteiger partial charge < -0.3 is 9.47 Å². The highest BCUT2D eigenvalue weighted by atomic mass is 35.5. The number of benzene rings is 2. The summed E-state index contributed by atoms with van der Waals surface area (Å²) in [6.45, 7) is 3.41. The van der Waals surface area contributed by atoms with E-state index in [9.17, 15) is 0 Å². The molecule has 0 aliphatic carbocycles. The molecule has 33 heavy (non-hydrogen) atoms. The first kappa shape index (κ1) is 27.6. The van der Waals surface area contributed by atoms with Gasteiger partial charge in [0.15, 0.2) is 5.75 Å². The van der Waals surface area contributed by atoms with E-state index in [0.29, 0.717) is 28.2 Å². The van der Waals surface area contributed by atoms with Gasteiger partial charge in [-0.2, -0.15) is 5.17 Å². The van der Waals surface area contributed by atoms with Crippen LogP contribution in [0.5, 0.6) is 11.5 Å². The van der Waals surface area contributed by atoms with E-state index < -0.39 is 0 Å². The van der Waals surface area contributed by atoms with Crippen molar-refractivity contribution in [3.63, 3.8) is 0 Å². The molecule has 7 heteroatoms. The summed E-state index contributed by atoms with van der Waals surface area (Å²) in [4.78, 5) is 5.45. The third-order valence-electron chi connectivity index (χ3n) is 5.31. The molecule has 2 aromatic carbocycles. The van der Waals surface area contributed by atoms with Crippen LogP contribution in [0.1, 0.15) is 71.1 Å². The third kappa shape index (κ3) is 11.3. The van der Waals surface area contributed by atoms with E-state index in [1.165, 1.54) is 63.0 Å². The first-order valence-corrected chi connectivity index (χ1v) is 12.8. The molecule has 0 bridgehead atoms. The standard InChI is InChI=1S/C26H38Cl2N2O3/c1-2-3-4-5-6-7-8-9-10-14-17-31-23-20-24(27)26(25(28)21-23)32-18-19-33-30(29)22-15-12-11-13-16-22/h11-13,15-16,20-21H,2-10,14,17-19,29H2,1H3. The maximum Gasteiger partial charge on any atom is 0.156 e. The molecule has 0 saturated carbocycles. The molecule has 0 heterocycles. The zero-order chi connectivity index (χ0) is 23.7. The lowest BCUT2D eigenvalue weighted by Gasteiger charge is -2.18. The smallest absolute Gasteiger partial charge is 0.156 e. The van der Waals surface area contributed by atoms with Gasteiger partial charge in [-0.3, -0.25) is 4.84 Å². The van der Waals surface area contributed by atoms with Crippen LogP contribution in [0.15, 0.2) is 42.5 Å². The van der Waals surface area contributed by atoms with Crippen LogP contribution in [0.4, 0.5) is 5.69 Å². The average molecular weight is 498 g/mol. The van der Waals surface area contributed by atoms with Gasteiger partial charge in [-0.25, -0.2) is 5.84 Å². The van der Waals surface area contributed by atoms with Gasteiger partial charge in [-0.1, -0.05) is 106 Å². The van der Waals surface area contributed by atoms with Gasteiger partial charge in [-0.05, 0) is 18.6 Å². The Bertz CT molecular complexity index is 754. The first-order chi connectivity index (χ1) is 16.1. The molecule has 0 aliphatic rings. The van der Waals surface area contributed by atoms with Crippen molar-refractivity contribution in [1.82, 2.24) is 0 Å². The van der Waals surface area contributed by atoms with Crippen molar-refractivity contribution in [3.05, 3.63) is 52.5 Å². The molecule has 2 rings (SSSR count). The van der Waals surface area contributed by atoms with Gasteiger partial charge in [0.2, 0.25) is 0 Å². The van der Waals surface area contributed by atoms with E-state index in [-0.39, 0.29) is 13.2 Å². The maximum absolute atomic E-state index is 6.35. The lowest BCUT2D eigenvalue weighted by Crippen LogP contribution is -2.32. The molecule has 5 nitrogen and oxygen atoms in total. The van der Waals surface area contributed by atoms with E-state index in [1.54, 1.807) is 12.1 Å². The Labute approximate surface area is 209 Å². The number of hydrogen-bond donors (Lipinski definition) is 1. The number of nitrogens with zero attached hydrogens (tertiary/aromatic N) is 1. The summed E-state index contributed by atoms with van der Waals surface area (Å²) >= 11 is 12.7. The molecule has 2 aromatic rings. The van der Waals surface area contributed by atoms with E-state index in [1.807, 2.05) is 30.3 Å². The molecular weight excluding hydrogens is 459 g/mol. The Morgan fingerprint density at radius 1 is 0.727 bits per heavy atom. The molecule has 2 N–H and O–H groups in total. The predicted molar refractivity (Wildman–Crippen MR) is 138 cm³/mol. The Morgan fingerprint density at radius 3 is 1.91 bits per heavy atom. The fraction of sp³-hybridized carbons (Fsp3) is 0.538. The third-order valence-corrected chi connectivity index (χ3v) is 5.87. The van der Waals surface area contributed by atoms with Crippen LogP contribution in [-0.2, 0) is 4.84 Å². The molecule has 0 radical (unpaired) electrons. The summed E-state index contributed by atoms with van der Waals surface area (Å²) in [7, 11) is 0. The van der Waals surface area contributed by atoms with Crippen molar-refractivity contribution in [1.29, 1.82) is 0 Å². The summed E-state index contributed by atoms with van der Waals surface area (Å²) in [5, 5.41) is 2.03. The molecular formula is C26H38Cl2N2O3. The highest BCUT2D eigenvalue weighted by molar-refractivity contribution is 6.37. The Morgan fingerprint density at radius 2 is 1.30 bits per heavy atom. The number of rotatable bonds is 18. The van der Waals surface area contributed by atoms with Crippen LogP contribution in [0.3, 0.4) is 0 Å². The number of hydrazine groups is 1. The van der Waals surface area contributed by atoms with Crippen LogP contribution < -0.4 is 20.5 Å². The highest BCUT2D eigenvalue weighted by Crippen LogP contribution is 2.37. The van der Waals surface area contributed by atoms with Crippen molar-refractivity contribution < 1.29 is 14.3 Å². The van der Waals surface area contributed by atoms with Crippen molar-refractivity contribution in [2.24, 2.45) is 5.84 Å². The number of para-hydroxylation sites is 1. The molecule has 0 unspecified atom stereocenters. The van der Waals surface area contributed by atoms with Gasteiger partial charge in [0.1, 0.15) is 19.0 Å². The van der Waals surface area contributed by atoms with Crippen molar-refractivity contribution in [3.8, 4) is 11.5 Å². The zero-order valence-corrected chi connectivity index (χ0v) is 21.3. The Balaban J connectivity index is 1.60. The maximum atomic E-state index is 6.35. The summed E-state index contributed by atoms with van der Waals surface area (Å²) in [5.41, 5.74) is 0.748. The molecule has 0 saturated heterocycles. The van der Waals surface area contributed by atoms with Crippen LogP contribution in [0.2, 0.25) is 10.0 Å². The van der Waals surface area contributed by atoms with Crippen LogP contribution in [-0.4, -0.2) is 19.8 Å². The number of hydrogen-bond acceptors (Lipinski definition) is 5. The second-order valence-corrected chi connectivity index (χ2v) is 8.90. The fourth-order valence-corrected chi connectivity index (χ4v) is 4.04. The first-order valence-electron chi connectivity index (χ1n) is 12.1. The molecule has 184 valence electrons. The second kappa shape index (κ2) is 16.9. The van der Waals surface area contributed by atoms with E-state index >= 15 is 0 Å². The molecule has 0 fully saturated rings. The Kier molecular flexibility index (Phi) is 14.1. The minimum Gasteiger partial charge on any atom is -0.493 e. The van der Waals surface area contributed by atoms with Gasteiger partial charge in [0.25, 0.3) is 0 Å². The van der Waals surface area contributed by atoms with Gasteiger partial charge in [0.05, 0.1) is 22.3 Å². The predicted octanol–water partition coefficient (Wildman–Crippen LogP) is 7.98. The largest absolute Gasteiger partial charge is 0.493 e. The minimum atomic E-state index is 0.245. The van der Waals surface area contributed by atoms with Gasteiger partial charge in [-0.15, -0.1) is 0 Å². The topological polar surface area (TPSA) is 57.0 Å². The molecule has 0 aromatic heterocycles. The van der Waals surface area contributed by atoms with Crippen LogP contribution in [0, 0.1) is 0 Å². The Hall–Kier alpha value is -1.66. The SMILES string of the molecule is CCCCCCCCCCCCOc1cc(Cl)c(OCCON(N)c2ccccc2)c(Cl)c1. The highest BCUT2D eigenvalue weighted by Gasteiger charge is 2.11. The van der Waals surface area contributed by atoms with E-state index in [0.717, 1.165) is 12.1 Å². The number of nitrogens with two attached hydrogens (primary N) is 1. The monoisotopic (exact) mass is 496 g/mol. The lowest BCUT2D eigenvalue weighted by molar-refractivity contribution is 0.0795. The minimum absolute atomic E-state index is 0.245. The fourth-order valence-electron chi connectivity index (χ4n) is 3.47. The number of unbranched alkanes of at least 4 members (excludes halogenated alkanes) is 9.